The number of nitrogens with one attached hydrogen (secondary N) is 1. The van der Waals surface area contributed by atoms with E-state index in [0.29, 0.717) is 13.1 Å². The first-order valence-electron chi connectivity index (χ1n) is 8.61. The number of urea groups is 1. The van der Waals surface area contributed by atoms with Crippen LogP contribution < -0.4 is 5.32 Å². The van der Waals surface area contributed by atoms with E-state index in [1.807, 2.05) is 43.0 Å². The smallest absolute Gasteiger partial charge is 0.321 e. The summed E-state index contributed by atoms with van der Waals surface area (Å²) < 4.78 is 13.0. The third kappa shape index (κ3) is 4.57. The van der Waals surface area contributed by atoms with Gasteiger partial charge in [-0.05, 0) is 43.2 Å². The highest BCUT2D eigenvalue weighted by Crippen LogP contribution is 2.17. The van der Waals surface area contributed by atoms with Crippen LogP contribution in [-0.4, -0.2) is 42.0 Å². The lowest BCUT2D eigenvalue weighted by Gasteiger charge is -2.34. The number of carbonyl (C=O) groups is 1. The minimum absolute atomic E-state index is 0.0478. The van der Waals surface area contributed by atoms with Gasteiger partial charge in [0, 0.05) is 38.4 Å². The molecule has 0 unspecified atom stereocenters. The Hall–Kier alpha value is -2.40. The Balaban J connectivity index is 1.51. The van der Waals surface area contributed by atoms with Gasteiger partial charge in [-0.3, -0.25) is 4.90 Å². The van der Waals surface area contributed by atoms with Crippen molar-refractivity contribution in [2.24, 2.45) is 0 Å². The maximum Gasteiger partial charge on any atom is 0.321 e. The van der Waals surface area contributed by atoms with Crippen LogP contribution in [0.4, 0.5) is 14.9 Å². The Morgan fingerprint density at radius 2 is 1.72 bits per heavy atom. The number of amides is 2. The first-order valence-corrected chi connectivity index (χ1v) is 8.61. The molecule has 1 saturated heterocycles. The van der Waals surface area contributed by atoms with Gasteiger partial charge in [0.15, 0.2) is 0 Å². The number of nitrogens with zero attached hydrogens (tertiary/aromatic N) is 2. The van der Waals surface area contributed by atoms with E-state index in [-0.39, 0.29) is 11.8 Å². The van der Waals surface area contributed by atoms with Crippen LogP contribution in [0.25, 0.3) is 0 Å². The third-order valence-corrected chi connectivity index (χ3v) is 4.60. The highest BCUT2D eigenvalue weighted by Gasteiger charge is 2.21. The number of anilines is 1. The molecule has 0 aromatic heterocycles. The molecule has 5 heteroatoms. The van der Waals surface area contributed by atoms with Gasteiger partial charge in [-0.25, -0.2) is 9.18 Å². The summed E-state index contributed by atoms with van der Waals surface area (Å²) in [5, 5.41) is 3.00. The maximum atomic E-state index is 13.0. The Bertz CT molecular complexity index is 737. The predicted molar refractivity (Wildman–Crippen MR) is 98.2 cm³/mol. The molecule has 132 valence electrons. The number of hydrogen-bond acceptors (Lipinski definition) is 2. The molecule has 3 rings (SSSR count). The van der Waals surface area contributed by atoms with E-state index >= 15 is 0 Å². The van der Waals surface area contributed by atoms with Crippen molar-refractivity contribution in [3.05, 3.63) is 65.0 Å². The summed E-state index contributed by atoms with van der Waals surface area (Å²) in [6.07, 6.45) is 0. The standard InChI is InChI=1S/C20H24FN3O/c1-15-3-8-19(16(2)13-15)22-20(25)24-11-9-23(10-12-24)14-17-4-6-18(21)7-5-17/h3-8,13H,9-12,14H2,1-2H3,(H,22,25). The molecule has 0 aliphatic carbocycles. The van der Waals surface area contributed by atoms with E-state index < -0.39 is 0 Å². The molecule has 2 aromatic rings. The Morgan fingerprint density at radius 1 is 1.04 bits per heavy atom. The van der Waals surface area contributed by atoms with E-state index in [0.717, 1.165) is 36.4 Å². The zero-order valence-corrected chi connectivity index (χ0v) is 14.8. The van der Waals surface area contributed by atoms with Crippen LogP contribution in [0.2, 0.25) is 0 Å². The molecule has 4 nitrogen and oxygen atoms in total. The first kappa shape index (κ1) is 17.4. The van der Waals surface area contributed by atoms with Crippen molar-refractivity contribution < 1.29 is 9.18 Å². The molecule has 1 aliphatic heterocycles. The van der Waals surface area contributed by atoms with Crippen LogP contribution in [0, 0.1) is 19.7 Å². The summed E-state index contributed by atoms with van der Waals surface area (Å²) in [6.45, 7) is 7.85. The van der Waals surface area contributed by atoms with E-state index in [1.165, 1.54) is 17.7 Å². The summed E-state index contributed by atoms with van der Waals surface area (Å²) in [4.78, 5) is 16.6. The number of carbonyl (C=O) groups excluding carboxylic acids is 1. The highest BCUT2D eigenvalue weighted by atomic mass is 19.1. The van der Waals surface area contributed by atoms with Crippen LogP contribution in [0.1, 0.15) is 16.7 Å². The molecule has 0 bridgehead atoms. The quantitative estimate of drug-likeness (QED) is 0.922. The molecule has 25 heavy (non-hydrogen) atoms. The molecule has 1 fully saturated rings. The molecule has 0 radical (unpaired) electrons. The van der Waals surface area contributed by atoms with Crippen molar-refractivity contribution in [2.45, 2.75) is 20.4 Å². The molecular formula is C20H24FN3O. The molecular weight excluding hydrogens is 317 g/mol. The van der Waals surface area contributed by atoms with E-state index in [4.69, 9.17) is 0 Å². The molecule has 0 spiro atoms. The Morgan fingerprint density at radius 3 is 2.36 bits per heavy atom. The van der Waals surface area contributed by atoms with E-state index in [2.05, 4.69) is 16.3 Å². The number of hydrogen-bond donors (Lipinski definition) is 1. The van der Waals surface area contributed by atoms with Gasteiger partial charge in [0.25, 0.3) is 0 Å². The number of halogens is 1. The van der Waals surface area contributed by atoms with Crippen molar-refractivity contribution in [2.75, 3.05) is 31.5 Å². The fraction of sp³-hybridized carbons (Fsp3) is 0.350. The SMILES string of the molecule is Cc1ccc(NC(=O)N2CCN(Cc3ccc(F)cc3)CC2)c(C)c1. The molecule has 1 N–H and O–H groups in total. The number of benzene rings is 2. The second-order valence-electron chi connectivity index (χ2n) is 6.64. The van der Waals surface area contributed by atoms with Gasteiger partial charge < -0.3 is 10.2 Å². The van der Waals surface area contributed by atoms with Crippen molar-refractivity contribution in [1.82, 2.24) is 9.80 Å². The molecule has 0 atom stereocenters. The molecule has 1 heterocycles. The van der Waals surface area contributed by atoms with Gasteiger partial charge in [-0.1, -0.05) is 29.8 Å². The van der Waals surface area contributed by atoms with Crippen LogP contribution in [0.5, 0.6) is 0 Å². The summed E-state index contributed by atoms with van der Waals surface area (Å²) in [7, 11) is 0. The highest BCUT2D eigenvalue weighted by molar-refractivity contribution is 5.90. The van der Waals surface area contributed by atoms with Crippen LogP contribution in [-0.2, 0) is 6.54 Å². The monoisotopic (exact) mass is 341 g/mol. The Labute approximate surface area is 148 Å². The van der Waals surface area contributed by atoms with E-state index in [9.17, 15) is 9.18 Å². The molecule has 2 aromatic carbocycles. The van der Waals surface area contributed by atoms with Crippen molar-refractivity contribution >= 4 is 11.7 Å². The van der Waals surface area contributed by atoms with Gasteiger partial charge in [0.2, 0.25) is 0 Å². The summed E-state index contributed by atoms with van der Waals surface area (Å²) in [6, 6.07) is 12.6. The van der Waals surface area contributed by atoms with Crippen LogP contribution >= 0.6 is 0 Å². The fourth-order valence-electron chi connectivity index (χ4n) is 3.11. The van der Waals surface area contributed by atoms with Gasteiger partial charge in [-0.2, -0.15) is 0 Å². The zero-order valence-electron chi connectivity index (χ0n) is 14.8. The predicted octanol–water partition coefficient (Wildman–Crippen LogP) is 3.79. The van der Waals surface area contributed by atoms with Gasteiger partial charge in [0.05, 0.1) is 0 Å². The van der Waals surface area contributed by atoms with Gasteiger partial charge >= 0.3 is 6.03 Å². The molecule has 1 aliphatic rings. The number of aryl methyl sites for hydroxylation is 2. The number of piperazine rings is 1. The largest absolute Gasteiger partial charge is 0.322 e. The number of rotatable bonds is 3. The first-order chi connectivity index (χ1) is 12.0. The lowest BCUT2D eigenvalue weighted by atomic mass is 10.1. The van der Waals surface area contributed by atoms with Crippen molar-refractivity contribution in [1.29, 1.82) is 0 Å². The van der Waals surface area contributed by atoms with Crippen LogP contribution in [0.15, 0.2) is 42.5 Å². The third-order valence-electron chi connectivity index (χ3n) is 4.60. The fourth-order valence-corrected chi connectivity index (χ4v) is 3.11. The molecule has 0 saturated carbocycles. The maximum absolute atomic E-state index is 13.0. The topological polar surface area (TPSA) is 35.6 Å². The summed E-state index contributed by atoms with van der Waals surface area (Å²) >= 11 is 0. The average Bonchev–Trinajstić information content (AvgIpc) is 2.60. The van der Waals surface area contributed by atoms with Gasteiger partial charge in [0.1, 0.15) is 5.82 Å². The van der Waals surface area contributed by atoms with Crippen molar-refractivity contribution in [3.8, 4) is 0 Å². The molecule has 2 amide bonds. The lowest BCUT2D eigenvalue weighted by molar-refractivity contribution is 0.143. The minimum Gasteiger partial charge on any atom is -0.322 e. The summed E-state index contributed by atoms with van der Waals surface area (Å²) in [5.41, 5.74) is 4.21. The van der Waals surface area contributed by atoms with Gasteiger partial charge in [-0.15, -0.1) is 0 Å². The zero-order chi connectivity index (χ0) is 17.8. The van der Waals surface area contributed by atoms with Crippen LogP contribution in [0.3, 0.4) is 0 Å². The second kappa shape index (κ2) is 7.66. The lowest BCUT2D eigenvalue weighted by Crippen LogP contribution is -2.49. The minimum atomic E-state index is -0.211. The van der Waals surface area contributed by atoms with E-state index in [1.54, 1.807) is 0 Å². The average molecular weight is 341 g/mol. The Kier molecular flexibility index (Phi) is 5.34. The van der Waals surface area contributed by atoms with Crippen molar-refractivity contribution in [3.63, 3.8) is 0 Å². The normalized spacial score (nSPS) is 15.2. The second-order valence-corrected chi connectivity index (χ2v) is 6.64. The summed E-state index contributed by atoms with van der Waals surface area (Å²) in [5.74, 6) is -0.211.